The van der Waals surface area contributed by atoms with Crippen LogP contribution in [0.25, 0.3) is 10.9 Å². The lowest BCUT2D eigenvalue weighted by molar-refractivity contribution is 1.09. The number of hydrogen-bond donors (Lipinski definition) is 1. The minimum absolute atomic E-state index is 1.21. The van der Waals surface area contributed by atoms with Gasteiger partial charge in [-0.05, 0) is 30.5 Å². The number of aryl methyl sites for hydroxylation is 1. The number of benzene rings is 1. The first-order valence-corrected chi connectivity index (χ1v) is 5.81. The van der Waals surface area contributed by atoms with E-state index in [9.17, 15) is 0 Å². The number of fused-ring (bicyclic) bond motifs is 1. The van der Waals surface area contributed by atoms with Crippen molar-refractivity contribution in [3.63, 3.8) is 0 Å². The van der Waals surface area contributed by atoms with Gasteiger partial charge in [0, 0.05) is 11.7 Å². The third-order valence-electron chi connectivity index (χ3n) is 1.71. The molecule has 15 heavy (non-hydrogen) atoms. The third kappa shape index (κ3) is 4.68. The molecule has 1 heteroatoms. The summed E-state index contributed by atoms with van der Waals surface area (Å²) < 4.78 is 0. The quantitative estimate of drug-likeness (QED) is 0.628. The summed E-state index contributed by atoms with van der Waals surface area (Å²) in [6.07, 6.45) is 3.21. The average Bonchev–Trinajstić information content (AvgIpc) is 2.69. The standard InChI is InChI=1S/C9H9N.C3H8.C2H6/c1-7-2-3-9-8(6-7)4-5-10-9;1-3-2;1-2/h2-6,10H,1H3;3H2,1-2H3;1-2H3. The second kappa shape index (κ2) is 8.10. The Morgan fingerprint density at radius 3 is 2.27 bits per heavy atom. The van der Waals surface area contributed by atoms with Crippen LogP contribution in [0.15, 0.2) is 30.5 Å². The zero-order valence-corrected chi connectivity index (χ0v) is 10.6. The third-order valence-corrected chi connectivity index (χ3v) is 1.71. The molecular weight excluding hydrogens is 182 g/mol. The highest BCUT2D eigenvalue weighted by molar-refractivity contribution is 5.79. The Balaban J connectivity index is 0.000000342. The Hall–Kier alpha value is -1.24. The lowest BCUT2D eigenvalue weighted by Gasteiger charge is -1.90. The normalized spacial score (nSPS) is 8.60. The Kier molecular flexibility index (Phi) is 7.43. The minimum Gasteiger partial charge on any atom is -0.361 e. The van der Waals surface area contributed by atoms with Crippen molar-refractivity contribution >= 4 is 10.9 Å². The second-order valence-corrected chi connectivity index (χ2v) is 3.28. The van der Waals surface area contributed by atoms with Gasteiger partial charge in [0.2, 0.25) is 0 Å². The summed E-state index contributed by atoms with van der Waals surface area (Å²) in [4.78, 5) is 3.15. The van der Waals surface area contributed by atoms with Gasteiger partial charge >= 0.3 is 0 Å². The summed E-state index contributed by atoms with van der Waals surface area (Å²) in [5, 5.41) is 1.29. The number of H-pyrrole nitrogens is 1. The Morgan fingerprint density at radius 2 is 1.67 bits per heavy atom. The maximum Gasteiger partial charge on any atom is 0.0454 e. The SMILES string of the molecule is CC.CCC.Cc1ccc2[nH]ccc2c1. The van der Waals surface area contributed by atoms with Crippen LogP contribution in [0.4, 0.5) is 0 Å². The highest BCUT2D eigenvalue weighted by atomic mass is 14.7. The van der Waals surface area contributed by atoms with E-state index in [0.29, 0.717) is 0 Å². The highest BCUT2D eigenvalue weighted by Crippen LogP contribution is 2.12. The zero-order chi connectivity index (χ0) is 11.7. The monoisotopic (exact) mass is 205 g/mol. The lowest BCUT2D eigenvalue weighted by Crippen LogP contribution is -1.69. The number of nitrogens with one attached hydrogen (secondary N) is 1. The molecule has 0 aliphatic carbocycles. The molecule has 0 unspecified atom stereocenters. The molecule has 0 saturated heterocycles. The van der Waals surface area contributed by atoms with Gasteiger partial charge in [0.1, 0.15) is 0 Å². The van der Waals surface area contributed by atoms with Crippen LogP contribution in [0.1, 0.15) is 39.7 Å². The van der Waals surface area contributed by atoms with Gasteiger partial charge in [-0.2, -0.15) is 0 Å². The molecule has 1 aromatic carbocycles. The second-order valence-electron chi connectivity index (χ2n) is 3.28. The smallest absolute Gasteiger partial charge is 0.0454 e. The van der Waals surface area contributed by atoms with Crippen LogP contribution >= 0.6 is 0 Å². The fourth-order valence-electron chi connectivity index (χ4n) is 1.17. The summed E-state index contributed by atoms with van der Waals surface area (Å²) in [6.45, 7) is 10.4. The van der Waals surface area contributed by atoms with E-state index in [4.69, 9.17) is 0 Å². The van der Waals surface area contributed by atoms with Crippen molar-refractivity contribution in [3.05, 3.63) is 36.0 Å². The summed E-state index contributed by atoms with van der Waals surface area (Å²) in [6, 6.07) is 8.47. The van der Waals surface area contributed by atoms with E-state index in [0.717, 1.165) is 0 Å². The number of hydrogen-bond acceptors (Lipinski definition) is 0. The molecule has 0 spiro atoms. The van der Waals surface area contributed by atoms with E-state index in [1.54, 1.807) is 0 Å². The summed E-state index contributed by atoms with van der Waals surface area (Å²) in [5.41, 5.74) is 2.53. The molecule has 2 rings (SSSR count). The van der Waals surface area contributed by atoms with Crippen molar-refractivity contribution in [1.82, 2.24) is 4.98 Å². The molecule has 0 radical (unpaired) electrons. The molecule has 1 aromatic heterocycles. The largest absolute Gasteiger partial charge is 0.361 e. The zero-order valence-electron chi connectivity index (χ0n) is 10.6. The van der Waals surface area contributed by atoms with Crippen molar-refractivity contribution in [1.29, 1.82) is 0 Å². The van der Waals surface area contributed by atoms with E-state index in [2.05, 4.69) is 50.0 Å². The fourth-order valence-corrected chi connectivity index (χ4v) is 1.17. The first-order valence-electron chi connectivity index (χ1n) is 5.81. The molecule has 1 N–H and O–H groups in total. The van der Waals surface area contributed by atoms with E-state index in [-0.39, 0.29) is 0 Å². The van der Waals surface area contributed by atoms with Gasteiger partial charge < -0.3 is 4.98 Å². The molecule has 0 fully saturated rings. The molecule has 1 heterocycles. The van der Waals surface area contributed by atoms with Crippen LogP contribution in [0.5, 0.6) is 0 Å². The van der Waals surface area contributed by atoms with E-state index in [1.165, 1.54) is 22.9 Å². The first kappa shape index (κ1) is 13.8. The van der Waals surface area contributed by atoms with Crippen LogP contribution in [-0.2, 0) is 0 Å². The number of rotatable bonds is 0. The molecule has 0 bridgehead atoms. The Morgan fingerprint density at radius 1 is 1.07 bits per heavy atom. The predicted molar refractivity (Wildman–Crippen MR) is 70.3 cm³/mol. The van der Waals surface area contributed by atoms with Crippen molar-refractivity contribution in [3.8, 4) is 0 Å². The van der Waals surface area contributed by atoms with Gasteiger partial charge in [0.25, 0.3) is 0 Å². The topological polar surface area (TPSA) is 15.8 Å². The summed E-state index contributed by atoms with van der Waals surface area (Å²) in [7, 11) is 0. The van der Waals surface area contributed by atoms with Crippen LogP contribution in [0.3, 0.4) is 0 Å². The fraction of sp³-hybridized carbons (Fsp3) is 0.429. The number of aromatic nitrogens is 1. The van der Waals surface area contributed by atoms with E-state index in [1.807, 2.05) is 20.0 Å². The minimum atomic E-state index is 1.21. The molecule has 0 aliphatic heterocycles. The maximum absolute atomic E-state index is 3.15. The molecule has 2 aromatic rings. The van der Waals surface area contributed by atoms with Crippen LogP contribution in [-0.4, -0.2) is 4.98 Å². The Bertz CT molecular complexity index is 360. The highest BCUT2D eigenvalue weighted by Gasteiger charge is 1.90. The van der Waals surface area contributed by atoms with Crippen LogP contribution < -0.4 is 0 Å². The predicted octanol–water partition coefficient (Wildman–Crippen LogP) is 4.92. The average molecular weight is 205 g/mol. The van der Waals surface area contributed by atoms with Gasteiger partial charge in [-0.25, -0.2) is 0 Å². The van der Waals surface area contributed by atoms with Crippen molar-refractivity contribution < 1.29 is 0 Å². The first-order chi connectivity index (χ1) is 7.27. The van der Waals surface area contributed by atoms with E-state index >= 15 is 0 Å². The Labute approximate surface area is 93.5 Å². The van der Waals surface area contributed by atoms with Gasteiger partial charge in [-0.3, -0.25) is 0 Å². The number of aromatic amines is 1. The van der Waals surface area contributed by atoms with Crippen LogP contribution in [0.2, 0.25) is 0 Å². The van der Waals surface area contributed by atoms with Crippen molar-refractivity contribution in [2.24, 2.45) is 0 Å². The molecule has 84 valence electrons. The molecule has 0 aliphatic rings. The molecule has 0 atom stereocenters. The molecule has 0 saturated carbocycles. The lowest BCUT2D eigenvalue weighted by atomic mass is 10.2. The summed E-state index contributed by atoms with van der Waals surface area (Å²) >= 11 is 0. The van der Waals surface area contributed by atoms with Crippen molar-refractivity contribution in [2.75, 3.05) is 0 Å². The maximum atomic E-state index is 3.15. The van der Waals surface area contributed by atoms with Gasteiger partial charge in [0.15, 0.2) is 0 Å². The van der Waals surface area contributed by atoms with Crippen molar-refractivity contribution in [2.45, 2.75) is 41.0 Å². The molecule has 0 amide bonds. The van der Waals surface area contributed by atoms with E-state index < -0.39 is 0 Å². The van der Waals surface area contributed by atoms with Crippen LogP contribution in [0, 0.1) is 6.92 Å². The molecule has 1 nitrogen and oxygen atoms in total. The van der Waals surface area contributed by atoms with Gasteiger partial charge in [0.05, 0.1) is 0 Å². The van der Waals surface area contributed by atoms with Gasteiger partial charge in [-0.15, -0.1) is 0 Å². The summed E-state index contributed by atoms with van der Waals surface area (Å²) in [5.74, 6) is 0. The molecular formula is C14H23N. The van der Waals surface area contributed by atoms with Gasteiger partial charge in [-0.1, -0.05) is 45.7 Å².